The van der Waals surface area contributed by atoms with Crippen LogP contribution in [0.25, 0.3) is 0 Å². The van der Waals surface area contributed by atoms with Crippen LogP contribution in [0.15, 0.2) is 59.5 Å². The highest BCUT2D eigenvalue weighted by Gasteiger charge is 2.50. The Morgan fingerprint density at radius 3 is 2.53 bits per heavy atom. The van der Waals surface area contributed by atoms with E-state index >= 15 is 0 Å². The number of rotatable bonds is 7. The van der Waals surface area contributed by atoms with E-state index in [1.807, 2.05) is 18.2 Å². The number of para-hydroxylation sites is 1. The lowest BCUT2D eigenvalue weighted by atomic mass is 10.1. The monoisotopic (exact) mass is 486 g/mol. The molecule has 3 aromatic rings. The fraction of sp³-hybridized carbons (Fsp3) is 0.333. The highest BCUT2D eigenvalue weighted by Crippen LogP contribution is 2.36. The van der Waals surface area contributed by atoms with Crippen LogP contribution in [-0.2, 0) is 24.3 Å². The third kappa shape index (κ3) is 4.50. The summed E-state index contributed by atoms with van der Waals surface area (Å²) in [5.41, 5.74) is 0.507. The minimum Gasteiger partial charge on any atom is -0.423 e. The van der Waals surface area contributed by atoms with Crippen LogP contribution < -0.4 is 14.8 Å². The molecule has 34 heavy (non-hydrogen) atoms. The van der Waals surface area contributed by atoms with Gasteiger partial charge in [-0.1, -0.05) is 23.3 Å². The fourth-order valence-corrected chi connectivity index (χ4v) is 5.26. The normalized spacial score (nSPS) is 24.0. The molecule has 2 N–H and O–H groups in total. The van der Waals surface area contributed by atoms with Gasteiger partial charge in [0, 0.05) is 12.6 Å². The number of sulfonamides is 1. The molecule has 2 aliphatic heterocycles. The maximum absolute atomic E-state index is 12.9. The molecular formula is C21H22N6O6S. The zero-order valence-electron chi connectivity index (χ0n) is 18.1. The van der Waals surface area contributed by atoms with Gasteiger partial charge < -0.3 is 19.5 Å². The van der Waals surface area contributed by atoms with Gasteiger partial charge in [0.25, 0.3) is 0 Å². The maximum atomic E-state index is 12.9. The number of ether oxygens (including phenoxy) is 3. The van der Waals surface area contributed by atoms with Crippen molar-refractivity contribution in [1.82, 2.24) is 24.9 Å². The molecule has 13 heteroatoms. The summed E-state index contributed by atoms with van der Waals surface area (Å²) >= 11 is 0. The Balaban J connectivity index is 1.27. The van der Waals surface area contributed by atoms with Gasteiger partial charge in [0.05, 0.1) is 24.2 Å². The third-order valence-electron chi connectivity index (χ3n) is 5.55. The summed E-state index contributed by atoms with van der Waals surface area (Å²) in [6.45, 7) is 1.74. The van der Waals surface area contributed by atoms with E-state index in [1.54, 1.807) is 12.1 Å². The second kappa shape index (κ2) is 9.10. The molecule has 0 bridgehead atoms. The summed E-state index contributed by atoms with van der Waals surface area (Å²) < 4.78 is 47.6. The van der Waals surface area contributed by atoms with Crippen LogP contribution in [0.1, 0.15) is 13.0 Å². The van der Waals surface area contributed by atoms with Gasteiger partial charge in [0.1, 0.15) is 24.0 Å². The number of carbonyl (C=O) groups excluding carboxylic acids is 1. The average Bonchev–Trinajstić information content (AvgIpc) is 3.52. The van der Waals surface area contributed by atoms with E-state index in [9.17, 15) is 13.2 Å². The van der Waals surface area contributed by atoms with Crippen molar-refractivity contribution in [3.8, 4) is 11.8 Å². The van der Waals surface area contributed by atoms with Gasteiger partial charge in [-0.2, -0.15) is 4.68 Å². The summed E-state index contributed by atoms with van der Waals surface area (Å²) in [6, 6.07) is 14.2. The Bertz CT molecular complexity index is 1270. The van der Waals surface area contributed by atoms with Crippen molar-refractivity contribution in [2.24, 2.45) is 0 Å². The molecule has 4 atom stereocenters. The number of aromatic nitrogens is 4. The van der Waals surface area contributed by atoms with Gasteiger partial charge in [-0.15, -0.1) is 0 Å². The standard InChI is InChI=1S/C21H22N6O6S/c1-13(28)22-14-7-9-16(10-8-14)34(29,30)24-17-11-31-20-18(12-32-19(17)20)27-21(23-25-26-27)33-15-5-3-2-4-6-15/h2-10,17-20,24H,11-12H2,1H3,(H,22,28). The van der Waals surface area contributed by atoms with E-state index in [1.165, 1.54) is 35.9 Å². The Morgan fingerprint density at radius 2 is 1.79 bits per heavy atom. The predicted molar refractivity (Wildman–Crippen MR) is 118 cm³/mol. The minimum absolute atomic E-state index is 0.0682. The summed E-state index contributed by atoms with van der Waals surface area (Å²) in [5, 5.41) is 14.3. The average molecular weight is 487 g/mol. The number of hydrogen-bond acceptors (Lipinski definition) is 9. The molecule has 1 amide bonds. The number of carbonyl (C=O) groups is 1. The van der Waals surface area contributed by atoms with E-state index in [4.69, 9.17) is 14.2 Å². The van der Waals surface area contributed by atoms with Crippen LogP contribution in [0.4, 0.5) is 5.69 Å². The molecule has 178 valence electrons. The molecule has 4 unspecified atom stereocenters. The van der Waals surface area contributed by atoms with Crippen LogP contribution in [0.2, 0.25) is 0 Å². The van der Waals surface area contributed by atoms with E-state index in [-0.39, 0.29) is 36.1 Å². The zero-order chi connectivity index (χ0) is 23.7. The first kappa shape index (κ1) is 22.4. The SMILES string of the molecule is CC(=O)Nc1ccc(S(=O)(=O)NC2COC3C2OCC3n2nnnc2Oc2ccccc2)cc1. The van der Waals surface area contributed by atoms with Crippen LogP contribution in [0.5, 0.6) is 11.8 Å². The number of anilines is 1. The Morgan fingerprint density at radius 1 is 1.06 bits per heavy atom. The second-order valence-corrected chi connectivity index (χ2v) is 9.63. The topological polar surface area (TPSA) is 147 Å². The van der Waals surface area contributed by atoms with Gasteiger partial charge in [0.15, 0.2) is 0 Å². The highest BCUT2D eigenvalue weighted by molar-refractivity contribution is 7.89. The van der Waals surface area contributed by atoms with Crippen LogP contribution in [0, 0.1) is 0 Å². The molecule has 3 heterocycles. The van der Waals surface area contributed by atoms with Crippen molar-refractivity contribution >= 4 is 21.6 Å². The maximum Gasteiger partial charge on any atom is 0.341 e. The molecule has 2 saturated heterocycles. The van der Waals surface area contributed by atoms with E-state index in [0.717, 1.165) is 0 Å². The second-order valence-electron chi connectivity index (χ2n) is 7.92. The lowest BCUT2D eigenvalue weighted by molar-refractivity contribution is -0.114. The van der Waals surface area contributed by atoms with Gasteiger partial charge in [0.2, 0.25) is 15.9 Å². The molecule has 2 fully saturated rings. The summed E-state index contributed by atoms with van der Waals surface area (Å²) in [5.74, 6) is 0.340. The molecule has 12 nitrogen and oxygen atoms in total. The van der Waals surface area contributed by atoms with Crippen molar-refractivity contribution in [3.63, 3.8) is 0 Å². The zero-order valence-corrected chi connectivity index (χ0v) is 18.9. The molecule has 0 radical (unpaired) electrons. The van der Waals surface area contributed by atoms with Gasteiger partial charge in [-0.05, 0) is 46.8 Å². The first-order chi connectivity index (χ1) is 16.4. The van der Waals surface area contributed by atoms with E-state index in [2.05, 4.69) is 25.6 Å². The van der Waals surface area contributed by atoms with Crippen LogP contribution in [0.3, 0.4) is 0 Å². The molecule has 2 aliphatic rings. The molecule has 1 aromatic heterocycles. The van der Waals surface area contributed by atoms with Crippen LogP contribution in [-0.4, -0.2) is 66.0 Å². The Labute approximate surface area is 195 Å². The molecule has 2 aromatic carbocycles. The quantitative estimate of drug-likeness (QED) is 0.501. The largest absolute Gasteiger partial charge is 0.423 e. The fourth-order valence-electron chi connectivity index (χ4n) is 4.03. The van der Waals surface area contributed by atoms with Gasteiger partial charge >= 0.3 is 6.01 Å². The number of amides is 1. The van der Waals surface area contributed by atoms with Crippen molar-refractivity contribution in [2.75, 3.05) is 18.5 Å². The molecule has 0 saturated carbocycles. The third-order valence-corrected chi connectivity index (χ3v) is 7.05. The van der Waals surface area contributed by atoms with Gasteiger partial charge in [-0.3, -0.25) is 4.79 Å². The van der Waals surface area contributed by atoms with Crippen LogP contribution >= 0.6 is 0 Å². The lowest BCUT2D eigenvalue weighted by Crippen LogP contribution is -2.44. The number of nitrogens with one attached hydrogen (secondary N) is 2. The molecule has 5 rings (SSSR count). The summed E-state index contributed by atoms with van der Waals surface area (Å²) in [7, 11) is -3.84. The smallest absolute Gasteiger partial charge is 0.341 e. The summed E-state index contributed by atoms with van der Waals surface area (Å²) in [4.78, 5) is 11.2. The van der Waals surface area contributed by atoms with Gasteiger partial charge in [-0.25, -0.2) is 13.1 Å². The molecular weight excluding hydrogens is 464 g/mol. The van der Waals surface area contributed by atoms with Crippen molar-refractivity contribution in [3.05, 3.63) is 54.6 Å². The highest BCUT2D eigenvalue weighted by atomic mass is 32.2. The Kier molecular flexibility index (Phi) is 6.00. The number of hydrogen-bond donors (Lipinski definition) is 2. The predicted octanol–water partition coefficient (Wildman–Crippen LogP) is 1.11. The summed E-state index contributed by atoms with van der Waals surface area (Å²) in [6.07, 6.45) is -0.983. The van der Waals surface area contributed by atoms with E-state index < -0.39 is 28.3 Å². The first-order valence-corrected chi connectivity index (χ1v) is 12.0. The lowest BCUT2D eigenvalue weighted by Gasteiger charge is -2.18. The molecule has 0 spiro atoms. The number of fused-ring (bicyclic) bond motifs is 1. The first-order valence-electron chi connectivity index (χ1n) is 10.5. The van der Waals surface area contributed by atoms with Crippen molar-refractivity contribution in [1.29, 1.82) is 0 Å². The number of tetrazole rings is 1. The molecule has 0 aliphatic carbocycles. The number of nitrogens with zero attached hydrogens (tertiary/aromatic N) is 4. The van der Waals surface area contributed by atoms with E-state index in [0.29, 0.717) is 11.4 Å². The number of benzene rings is 2. The van der Waals surface area contributed by atoms with Crippen molar-refractivity contribution in [2.45, 2.75) is 36.1 Å². The minimum atomic E-state index is -3.84. The Hall–Kier alpha value is -3.39. The van der Waals surface area contributed by atoms with Crippen molar-refractivity contribution < 1.29 is 27.4 Å².